The van der Waals surface area contributed by atoms with Gasteiger partial charge in [0.25, 0.3) is 0 Å². The van der Waals surface area contributed by atoms with Gasteiger partial charge in [-0.15, -0.1) is 0 Å². The van der Waals surface area contributed by atoms with Gasteiger partial charge in [0.05, 0.1) is 11.7 Å². The number of hydrogen-bond donors (Lipinski definition) is 2. The van der Waals surface area contributed by atoms with Crippen molar-refractivity contribution in [3.05, 3.63) is 65.2 Å². The molecule has 0 fully saturated rings. The van der Waals surface area contributed by atoms with Gasteiger partial charge in [0.2, 0.25) is 0 Å². The molecular weight excluding hydrogens is 290 g/mol. The van der Waals surface area contributed by atoms with E-state index >= 15 is 0 Å². The maximum Gasteiger partial charge on any atom is 0.171 e. The van der Waals surface area contributed by atoms with Gasteiger partial charge in [0.15, 0.2) is 5.11 Å². The van der Waals surface area contributed by atoms with Crippen molar-refractivity contribution in [2.24, 2.45) is 0 Å². The van der Waals surface area contributed by atoms with Gasteiger partial charge in [-0.2, -0.15) is 0 Å². The second-order valence-corrected chi connectivity index (χ2v) is 5.26. The third-order valence-electron chi connectivity index (χ3n) is 3.10. The van der Waals surface area contributed by atoms with Crippen LogP contribution in [0.25, 0.3) is 0 Å². The van der Waals surface area contributed by atoms with E-state index in [9.17, 15) is 8.78 Å². The van der Waals surface area contributed by atoms with Crippen molar-refractivity contribution in [1.82, 2.24) is 5.32 Å². The first-order valence-electron chi connectivity index (χ1n) is 6.55. The molecule has 0 aliphatic heterocycles. The Bertz CT molecular complexity index is 641. The number of hydrogen-bond acceptors (Lipinski definition) is 1. The molecule has 2 N–H and O–H groups in total. The molecule has 2 aromatic carbocycles. The highest BCUT2D eigenvalue weighted by Crippen LogP contribution is 2.16. The minimum atomic E-state index is -0.679. The SMILES string of the molecule is Cc1ccc([C@H](C)NC(=S)Nc2ccc(F)cc2F)cc1. The number of nitrogens with one attached hydrogen (secondary N) is 2. The molecule has 2 rings (SSSR count). The molecule has 5 heteroatoms. The van der Waals surface area contributed by atoms with Crippen LogP contribution >= 0.6 is 12.2 Å². The molecule has 0 unspecified atom stereocenters. The number of aryl methyl sites for hydroxylation is 1. The van der Waals surface area contributed by atoms with Crippen molar-refractivity contribution in [2.75, 3.05) is 5.32 Å². The summed E-state index contributed by atoms with van der Waals surface area (Å²) in [4.78, 5) is 0. The summed E-state index contributed by atoms with van der Waals surface area (Å²) in [5.74, 6) is -1.30. The van der Waals surface area contributed by atoms with E-state index in [0.29, 0.717) is 0 Å². The first-order valence-corrected chi connectivity index (χ1v) is 6.95. The number of thiocarbonyl (C=S) groups is 1. The maximum atomic E-state index is 13.5. The third kappa shape index (κ3) is 4.23. The Morgan fingerprint density at radius 3 is 2.38 bits per heavy atom. The van der Waals surface area contributed by atoms with E-state index in [0.717, 1.165) is 11.6 Å². The van der Waals surface area contributed by atoms with Gasteiger partial charge in [0, 0.05) is 6.07 Å². The highest BCUT2D eigenvalue weighted by Gasteiger charge is 2.09. The zero-order valence-electron chi connectivity index (χ0n) is 11.8. The molecule has 21 heavy (non-hydrogen) atoms. The summed E-state index contributed by atoms with van der Waals surface area (Å²) in [7, 11) is 0. The third-order valence-corrected chi connectivity index (χ3v) is 3.32. The molecule has 0 aromatic heterocycles. The number of rotatable bonds is 3. The number of benzene rings is 2. The van der Waals surface area contributed by atoms with E-state index in [2.05, 4.69) is 10.6 Å². The van der Waals surface area contributed by atoms with Crippen molar-refractivity contribution < 1.29 is 8.78 Å². The van der Waals surface area contributed by atoms with Crippen LogP contribution in [0.2, 0.25) is 0 Å². The molecule has 0 saturated heterocycles. The van der Waals surface area contributed by atoms with Crippen LogP contribution in [-0.2, 0) is 0 Å². The van der Waals surface area contributed by atoms with Crippen LogP contribution in [0.4, 0.5) is 14.5 Å². The van der Waals surface area contributed by atoms with E-state index in [1.54, 1.807) is 0 Å². The summed E-state index contributed by atoms with van der Waals surface area (Å²) < 4.78 is 26.4. The van der Waals surface area contributed by atoms with E-state index in [1.165, 1.54) is 17.7 Å². The molecule has 2 aromatic rings. The van der Waals surface area contributed by atoms with Gasteiger partial charge in [-0.3, -0.25) is 0 Å². The Balaban J connectivity index is 1.99. The van der Waals surface area contributed by atoms with Crippen molar-refractivity contribution in [1.29, 1.82) is 0 Å². The van der Waals surface area contributed by atoms with E-state index < -0.39 is 11.6 Å². The lowest BCUT2D eigenvalue weighted by Crippen LogP contribution is -2.31. The second-order valence-electron chi connectivity index (χ2n) is 4.86. The van der Waals surface area contributed by atoms with Crippen LogP contribution in [0.5, 0.6) is 0 Å². The minimum Gasteiger partial charge on any atom is -0.356 e. The summed E-state index contributed by atoms with van der Waals surface area (Å²) >= 11 is 5.15. The Labute approximate surface area is 128 Å². The zero-order chi connectivity index (χ0) is 15.4. The Hall–Kier alpha value is -2.01. The highest BCUT2D eigenvalue weighted by atomic mass is 32.1. The molecule has 0 bridgehead atoms. The number of halogens is 2. The standard InChI is InChI=1S/C16H16F2N2S/c1-10-3-5-12(6-4-10)11(2)19-16(21)20-15-8-7-13(17)9-14(15)18/h3-9,11H,1-2H3,(H2,19,20,21)/t11-/m0/s1. The zero-order valence-corrected chi connectivity index (χ0v) is 12.6. The summed E-state index contributed by atoms with van der Waals surface area (Å²) in [5, 5.41) is 6.08. The summed E-state index contributed by atoms with van der Waals surface area (Å²) in [6.07, 6.45) is 0. The average Bonchev–Trinajstić information content (AvgIpc) is 2.42. The van der Waals surface area contributed by atoms with Crippen molar-refractivity contribution >= 4 is 23.0 Å². The molecule has 0 aliphatic rings. The van der Waals surface area contributed by atoms with Crippen LogP contribution in [0.1, 0.15) is 24.1 Å². The fourth-order valence-corrected chi connectivity index (χ4v) is 2.17. The molecule has 110 valence electrons. The Morgan fingerprint density at radius 2 is 1.76 bits per heavy atom. The molecule has 0 aliphatic carbocycles. The van der Waals surface area contributed by atoms with Crippen LogP contribution in [-0.4, -0.2) is 5.11 Å². The van der Waals surface area contributed by atoms with Crippen LogP contribution in [0, 0.1) is 18.6 Å². The molecule has 0 amide bonds. The molecule has 2 nitrogen and oxygen atoms in total. The highest BCUT2D eigenvalue weighted by molar-refractivity contribution is 7.80. The van der Waals surface area contributed by atoms with Crippen molar-refractivity contribution in [2.45, 2.75) is 19.9 Å². The first-order chi connectivity index (χ1) is 9.95. The normalized spacial score (nSPS) is 11.8. The molecular formula is C16H16F2N2S. The van der Waals surface area contributed by atoms with Crippen LogP contribution in [0.15, 0.2) is 42.5 Å². The molecule has 0 radical (unpaired) electrons. The average molecular weight is 306 g/mol. The summed E-state index contributed by atoms with van der Waals surface area (Å²) in [5.41, 5.74) is 2.40. The van der Waals surface area contributed by atoms with E-state index in [-0.39, 0.29) is 16.8 Å². The topological polar surface area (TPSA) is 24.1 Å². The van der Waals surface area contributed by atoms with Gasteiger partial charge >= 0.3 is 0 Å². The van der Waals surface area contributed by atoms with E-state index in [1.807, 2.05) is 38.1 Å². The second kappa shape index (κ2) is 6.63. The Morgan fingerprint density at radius 1 is 1.10 bits per heavy atom. The van der Waals surface area contributed by atoms with Gasteiger partial charge in [0.1, 0.15) is 11.6 Å². The van der Waals surface area contributed by atoms with Gasteiger partial charge < -0.3 is 10.6 Å². The van der Waals surface area contributed by atoms with Gasteiger partial charge in [-0.25, -0.2) is 8.78 Å². The fraction of sp³-hybridized carbons (Fsp3) is 0.188. The van der Waals surface area contributed by atoms with Crippen molar-refractivity contribution in [3.63, 3.8) is 0 Å². The molecule has 0 heterocycles. The summed E-state index contributed by atoms with van der Waals surface area (Å²) in [6, 6.07) is 11.3. The lowest BCUT2D eigenvalue weighted by Gasteiger charge is -2.18. The lowest BCUT2D eigenvalue weighted by molar-refractivity contribution is 0.586. The fourth-order valence-electron chi connectivity index (χ4n) is 1.88. The first kappa shape index (κ1) is 15.4. The van der Waals surface area contributed by atoms with Crippen LogP contribution < -0.4 is 10.6 Å². The predicted molar refractivity (Wildman–Crippen MR) is 85.3 cm³/mol. The summed E-state index contributed by atoms with van der Waals surface area (Å²) in [6.45, 7) is 3.98. The van der Waals surface area contributed by atoms with Crippen LogP contribution in [0.3, 0.4) is 0 Å². The minimum absolute atomic E-state index is 0.0193. The van der Waals surface area contributed by atoms with Gasteiger partial charge in [-0.1, -0.05) is 29.8 Å². The number of anilines is 1. The monoisotopic (exact) mass is 306 g/mol. The van der Waals surface area contributed by atoms with E-state index in [4.69, 9.17) is 12.2 Å². The van der Waals surface area contributed by atoms with Crippen molar-refractivity contribution in [3.8, 4) is 0 Å². The van der Waals surface area contributed by atoms with Gasteiger partial charge in [-0.05, 0) is 43.8 Å². The largest absolute Gasteiger partial charge is 0.356 e. The smallest absolute Gasteiger partial charge is 0.171 e. The Kier molecular flexibility index (Phi) is 4.85. The molecule has 1 atom stereocenters. The maximum absolute atomic E-state index is 13.5. The molecule has 0 spiro atoms. The molecule has 0 saturated carbocycles. The quantitative estimate of drug-likeness (QED) is 0.826. The predicted octanol–water partition coefficient (Wildman–Crippen LogP) is 4.32. The lowest BCUT2D eigenvalue weighted by atomic mass is 10.1.